The zero-order valence-electron chi connectivity index (χ0n) is 13.3. The van der Waals surface area contributed by atoms with Crippen LogP contribution in [0.2, 0.25) is 0 Å². The quantitative estimate of drug-likeness (QED) is 0.746. The first-order valence-electron chi connectivity index (χ1n) is 8.43. The zero-order chi connectivity index (χ0) is 15.9. The molecule has 1 saturated carbocycles. The lowest BCUT2D eigenvalue weighted by molar-refractivity contribution is -0.121. The van der Waals surface area contributed by atoms with E-state index >= 15 is 0 Å². The molecule has 0 radical (unpaired) electrons. The number of hydrogen-bond donors (Lipinski definition) is 1. The van der Waals surface area contributed by atoms with Crippen molar-refractivity contribution in [1.82, 2.24) is 15.5 Å². The second-order valence-corrected chi connectivity index (χ2v) is 6.95. The van der Waals surface area contributed by atoms with Gasteiger partial charge in [0, 0.05) is 30.3 Å². The van der Waals surface area contributed by atoms with Gasteiger partial charge in [0.25, 0.3) is 0 Å². The molecule has 0 aromatic carbocycles. The average molecular weight is 333 g/mol. The largest absolute Gasteiger partial charge is 0.356 e. The molecule has 2 aromatic rings. The van der Waals surface area contributed by atoms with Crippen LogP contribution in [0.5, 0.6) is 0 Å². The maximum atomic E-state index is 11.8. The summed E-state index contributed by atoms with van der Waals surface area (Å²) in [5, 5.41) is 10.9. The third kappa shape index (κ3) is 4.89. The minimum atomic E-state index is 0.0618. The van der Waals surface area contributed by atoms with Gasteiger partial charge < -0.3 is 9.84 Å². The molecule has 6 heteroatoms. The molecule has 23 heavy (non-hydrogen) atoms. The SMILES string of the molecule is O=C(CCc1nc(-c2ccsc2)no1)NCCCC1CCCC1. The Morgan fingerprint density at radius 3 is 3.04 bits per heavy atom. The summed E-state index contributed by atoms with van der Waals surface area (Å²) >= 11 is 1.60. The number of carbonyl (C=O) groups is 1. The van der Waals surface area contributed by atoms with Crippen LogP contribution in [0.15, 0.2) is 21.3 Å². The number of amides is 1. The normalized spacial score (nSPS) is 15.1. The van der Waals surface area contributed by atoms with Crippen molar-refractivity contribution in [2.75, 3.05) is 6.54 Å². The van der Waals surface area contributed by atoms with Crippen LogP contribution in [0.1, 0.15) is 50.8 Å². The minimum absolute atomic E-state index is 0.0618. The third-order valence-corrected chi connectivity index (χ3v) is 5.08. The maximum absolute atomic E-state index is 11.8. The van der Waals surface area contributed by atoms with Crippen molar-refractivity contribution in [3.63, 3.8) is 0 Å². The monoisotopic (exact) mass is 333 g/mol. The molecule has 1 amide bonds. The van der Waals surface area contributed by atoms with Gasteiger partial charge in [0.15, 0.2) is 0 Å². The lowest BCUT2D eigenvalue weighted by atomic mass is 10.0. The predicted molar refractivity (Wildman–Crippen MR) is 90.1 cm³/mol. The van der Waals surface area contributed by atoms with E-state index in [2.05, 4.69) is 15.5 Å². The van der Waals surface area contributed by atoms with Crippen LogP contribution in [-0.2, 0) is 11.2 Å². The molecule has 0 bridgehead atoms. The van der Waals surface area contributed by atoms with Crippen molar-refractivity contribution in [1.29, 1.82) is 0 Å². The molecule has 3 rings (SSSR count). The van der Waals surface area contributed by atoms with Gasteiger partial charge in [-0.3, -0.25) is 4.79 Å². The van der Waals surface area contributed by atoms with Gasteiger partial charge in [-0.05, 0) is 30.2 Å². The predicted octanol–water partition coefficient (Wildman–Crippen LogP) is 3.82. The Labute approximate surface area is 140 Å². The first-order valence-corrected chi connectivity index (χ1v) is 9.37. The Hall–Kier alpha value is -1.69. The molecular formula is C17H23N3O2S. The highest BCUT2D eigenvalue weighted by molar-refractivity contribution is 7.08. The standard InChI is InChI=1S/C17H23N3O2S/c21-15(18-10-3-6-13-4-1-2-5-13)7-8-16-19-17(20-22-16)14-9-11-23-12-14/h9,11-13H,1-8,10H2,(H,18,21). The van der Waals surface area contributed by atoms with Gasteiger partial charge in [0.05, 0.1) is 0 Å². The number of aryl methyl sites for hydroxylation is 1. The van der Waals surface area contributed by atoms with Crippen LogP contribution >= 0.6 is 11.3 Å². The van der Waals surface area contributed by atoms with Gasteiger partial charge in [-0.25, -0.2) is 0 Å². The molecule has 0 saturated heterocycles. The fraction of sp³-hybridized carbons (Fsp3) is 0.588. The van der Waals surface area contributed by atoms with E-state index in [-0.39, 0.29) is 5.91 Å². The van der Waals surface area contributed by atoms with E-state index in [1.165, 1.54) is 32.1 Å². The second-order valence-electron chi connectivity index (χ2n) is 6.17. The van der Waals surface area contributed by atoms with E-state index in [1.54, 1.807) is 11.3 Å². The molecule has 1 fully saturated rings. The Bertz CT molecular complexity index is 603. The summed E-state index contributed by atoms with van der Waals surface area (Å²) in [6.45, 7) is 0.777. The molecular weight excluding hydrogens is 310 g/mol. The average Bonchev–Trinajstić information content (AvgIpc) is 3.31. The topological polar surface area (TPSA) is 68.0 Å². The fourth-order valence-electron chi connectivity index (χ4n) is 3.09. The first kappa shape index (κ1) is 16.2. The highest BCUT2D eigenvalue weighted by atomic mass is 32.1. The van der Waals surface area contributed by atoms with Gasteiger partial charge in [0.1, 0.15) is 0 Å². The number of carbonyl (C=O) groups excluding carboxylic acids is 1. The molecule has 5 nitrogen and oxygen atoms in total. The number of nitrogens with zero attached hydrogens (tertiary/aromatic N) is 2. The van der Waals surface area contributed by atoms with Crippen molar-refractivity contribution in [3.8, 4) is 11.4 Å². The van der Waals surface area contributed by atoms with E-state index in [4.69, 9.17) is 4.52 Å². The summed E-state index contributed by atoms with van der Waals surface area (Å²) in [7, 11) is 0. The fourth-order valence-corrected chi connectivity index (χ4v) is 3.73. The third-order valence-electron chi connectivity index (χ3n) is 4.40. The van der Waals surface area contributed by atoms with Crippen LogP contribution in [0.4, 0.5) is 0 Å². The van der Waals surface area contributed by atoms with Crippen LogP contribution in [0.3, 0.4) is 0 Å². The van der Waals surface area contributed by atoms with Gasteiger partial charge in [-0.2, -0.15) is 16.3 Å². The van der Waals surface area contributed by atoms with Gasteiger partial charge in [-0.15, -0.1) is 0 Å². The van der Waals surface area contributed by atoms with E-state index in [0.717, 1.165) is 24.4 Å². The molecule has 1 aliphatic carbocycles. The van der Waals surface area contributed by atoms with Gasteiger partial charge in [0.2, 0.25) is 17.6 Å². The summed E-state index contributed by atoms with van der Waals surface area (Å²) < 4.78 is 5.20. The zero-order valence-corrected chi connectivity index (χ0v) is 14.1. The summed E-state index contributed by atoms with van der Waals surface area (Å²) in [5.74, 6) is 2.07. The molecule has 1 aliphatic rings. The van der Waals surface area contributed by atoms with Crippen molar-refractivity contribution >= 4 is 17.2 Å². The lowest BCUT2D eigenvalue weighted by Crippen LogP contribution is -2.25. The highest BCUT2D eigenvalue weighted by Gasteiger charge is 2.14. The van der Waals surface area contributed by atoms with E-state index in [0.29, 0.717) is 24.6 Å². The van der Waals surface area contributed by atoms with E-state index < -0.39 is 0 Å². The lowest BCUT2D eigenvalue weighted by Gasteiger charge is -2.08. The molecule has 0 aliphatic heterocycles. The van der Waals surface area contributed by atoms with Crippen LogP contribution in [0, 0.1) is 5.92 Å². The molecule has 0 atom stereocenters. The molecule has 0 spiro atoms. The van der Waals surface area contributed by atoms with Gasteiger partial charge in [-0.1, -0.05) is 30.8 Å². The minimum Gasteiger partial charge on any atom is -0.356 e. The summed E-state index contributed by atoms with van der Waals surface area (Å²) in [5.41, 5.74) is 0.960. The van der Waals surface area contributed by atoms with E-state index in [9.17, 15) is 4.79 Å². The summed E-state index contributed by atoms with van der Waals surface area (Å²) in [6, 6.07) is 1.95. The van der Waals surface area contributed by atoms with Crippen LogP contribution in [-0.4, -0.2) is 22.6 Å². The van der Waals surface area contributed by atoms with Gasteiger partial charge >= 0.3 is 0 Å². The van der Waals surface area contributed by atoms with Crippen molar-refractivity contribution < 1.29 is 9.32 Å². The molecule has 2 aromatic heterocycles. The van der Waals surface area contributed by atoms with Crippen LogP contribution < -0.4 is 5.32 Å². The smallest absolute Gasteiger partial charge is 0.227 e. The number of thiophene rings is 1. The highest BCUT2D eigenvalue weighted by Crippen LogP contribution is 2.28. The van der Waals surface area contributed by atoms with Crippen molar-refractivity contribution in [3.05, 3.63) is 22.7 Å². The molecule has 124 valence electrons. The van der Waals surface area contributed by atoms with Crippen LogP contribution in [0.25, 0.3) is 11.4 Å². The maximum Gasteiger partial charge on any atom is 0.227 e. The van der Waals surface area contributed by atoms with E-state index in [1.807, 2.05) is 16.8 Å². The number of rotatable bonds is 8. The molecule has 0 unspecified atom stereocenters. The summed E-state index contributed by atoms with van der Waals surface area (Å²) in [4.78, 5) is 16.2. The van der Waals surface area contributed by atoms with Crippen molar-refractivity contribution in [2.45, 2.75) is 51.4 Å². The first-order chi connectivity index (χ1) is 11.3. The Balaban J connectivity index is 1.32. The molecule has 1 N–H and O–H groups in total. The summed E-state index contributed by atoms with van der Waals surface area (Å²) in [6.07, 6.45) is 8.73. The Morgan fingerprint density at radius 2 is 2.26 bits per heavy atom. The molecule has 2 heterocycles. The number of nitrogens with one attached hydrogen (secondary N) is 1. The Morgan fingerprint density at radius 1 is 1.39 bits per heavy atom. The second kappa shape index (κ2) is 8.24. The number of aromatic nitrogens is 2. The number of hydrogen-bond acceptors (Lipinski definition) is 5. The Kier molecular flexibility index (Phi) is 5.80. The van der Waals surface area contributed by atoms with Crippen molar-refractivity contribution in [2.24, 2.45) is 5.92 Å².